The van der Waals surface area contributed by atoms with Crippen LogP contribution >= 0.6 is 11.5 Å². The van der Waals surface area contributed by atoms with Crippen molar-refractivity contribution in [3.05, 3.63) is 41.5 Å². The quantitative estimate of drug-likeness (QED) is 0.915. The molecule has 0 aliphatic heterocycles. The summed E-state index contributed by atoms with van der Waals surface area (Å²) in [6, 6.07) is 6.65. The lowest BCUT2D eigenvalue weighted by molar-refractivity contribution is 0.347. The lowest BCUT2D eigenvalue weighted by Crippen LogP contribution is -2.25. The van der Waals surface area contributed by atoms with E-state index in [2.05, 4.69) is 35.4 Å². The fraction of sp³-hybridized carbons (Fsp3) is 0.429. The molecule has 2 aromatic rings. The molecule has 0 aliphatic rings. The van der Waals surface area contributed by atoms with Crippen molar-refractivity contribution in [3.8, 4) is 0 Å². The Morgan fingerprint density at radius 1 is 1.21 bits per heavy atom. The van der Waals surface area contributed by atoms with Crippen LogP contribution in [0, 0.1) is 18.2 Å². The summed E-state index contributed by atoms with van der Waals surface area (Å²) in [6.45, 7) is 8.29. The van der Waals surface area contributed by atoms with Crippen LogP contribution in [0.1, 0.15) is 38.2 Å². The zero-order chi connectivity index (χ0) is 14.0. The first-order chi connectivity index (χ1) is 8.86. The first-order valence-electron chi connectivity index (χ1n) is 6.18. The molecule has 0 bridgehead atoms. The van der Waals surface area contributed by atoms with Crippen molar-refractivity contribution in [1.29, 1.82) is 0 Å². The topological polar surface area (TPSA) is 37.8 Å². The van der Waals surface area contributed by atoms with Crippen LogP contribution in [0.2, 0.25) is 0 Å². The summed E-state index contributed by atoms with van der Waals surface area (Å²) < 4.78 is 17.2. The monoisotopic (exact) mass is 279 g/mol. The van der Waals surface area contributed by atoms with Crippen molar-refractivity contribution in [2.75, 3.05) is 5.32 Å². The Hall–Kier alpha value is -1.49. The van der Waals surface area contributed by atoms with Crippen molar-refractivity contribution in [1.82, 2.24) is 9.36 Å². The van der Waals surface area contributed by atoms with E-state index in [1.807, 2.05) is 19.1 Å². The largest absolute Gasteiger partial charge is 0.353 e. The van der Waals surface area contributed by atoms with E-state index in [4.69, 9.17) is 0 Å². The Balaban J connectivity index is 2.29. The molecule has 2 rings (SSSR count). The number of halogens is 1. The van der Waals surface area contributed by atoms with Crippen molar-refractivity contribution in [2.24, 2.45) is 5.41 Å². The van der Waals surface area contributed by atoms with Gasteiger partial charge in [-0.2, -0.15) is 4.37 Å². The van der Waals surface area contributed by atoms with Crippen molar-refractivity contribution in [2.45, 2.75) is 33.7 Å². The molecule has 0 saturated carbocycles. The summed E-state index contributed by atoms with van der Waals surface area (Å²) in [5.74, 6) is 0.544. The van der Waals surface area contributed by atoms with Crippen LogP contribution in [0.25, 0.3) is 0 Å². The molecule has 1 aromatic carbocycles. The standard InChI is InChI=1S/C14H18FN3S/c1-9-16-13(19-18-9)17-12(14(2,3)4)10-5-7-11(15)8-6-10/h5-8,12H,1-4H3,(H,16,17,18). The molecule has 19 heavy (non-hydrogen) atoms. The second kappa shape index (κ2) is 5.25. The number of benzene rings is 1. The highest BCUT2D eigenvalue weighted by molar-refractivity contribution is 7.09. The van der Waals surface area contributed by atoms with Gasteiger partial charge in [-0.05, 0) is 30.0 Å². The SMILES string of the molecule is Cc1nsc(NC(c2ccc(F)cc2)C(C)(C)C)n1. The van der Waals surface area contributed by atoms with Gasteiger partial charge in [-0.15, -0.1) is 0 Å². The van der Waals surface area contributed by atoms with E-state index in [0.29, 0.717) is 0 Å². The summed E-state index contributed by atoms with van der Waals surface area (Å²) >= 11 is 1.35. The zero-order valence-corrected chi connectivity index (χ0v) is 12.4. The van der Waals surface area contributed by atoms with Crippen molar-refractivity contribution in [3.63, 3.8) is 0 Å². The molecule has 0 radical (unpaired) electrons. The van der Waals surface area contributed by atoms with Gasteiger partial charge in [-0.1, -0.05) is 32.9 Å². The van der Waals surface area contributed by atoms with E-state index in [0.717, 1.165) is 16.5 Å². The first-order valence-corrected chi connectivity index (χ1v) is 6.96. The second-order valence-electron chi connectivity index (χ2n) is 5.64. The molecule has 102 valence electrons. The molecule has 3 nitrogen and oxygen atoms in total. The van der Waals surface area contributed by atoms with Crippen molar-refractivity contribution < 1.29 is 4.39 Å². The third-order valence-corrected chi connectivity index (χ3v) is 3.60. The van der Waals surface area contributed by atoms with Gasteiger partial charge in [0.25, 0.3) is 0 Å². The fourth-order valence-electron chi connectivity index (χ4n) is 1.93. The third-order valence-electron chi connectivity index (χ3n) is 2.86. The second-order valence-corrected chi connectivity index (χ2v) is 6.39. The Morgan fingerprint density at radius 3 is 2.32 bits per heavy atom. The van der Waals surface area contributed by atoms with Gasteiger partial charge in [0.1, 0.15) is 11.6 Å². The van der Waals surface area contributed by atoms with Gasteiger partial charge in [0.05, 0.1) is 6.04 Å². The third kappa shape index (κ3) is 3.50. The van der Waals surface area contributed by atoms with Gasteiger partial charge in [0.2, 0.25) is 5.13 Å². The number of hydrogen-bond donors (Lipinski definition) is 1. The fourth-order valence-corrected chi connectivity index (χ4v) is 2.54. The Labute approximate surface area is 117 Å². The zero-order valence-electron chi connectivity index (χ0n) is 11.6. The van der Waals surface area contributed by atoms with Gasteiger partial charge in [0, 0.05) is 11.5 Å². The van der Waals surface area contributed by atoms with Gasteiger partial charge in [-0.25, -0.2) is 9.37 Å². The number of nitrogens with one attached hydrogen (secondary N) is 1. The Kier molecular flexibility index (Phi) is 3.85. The Morgan fingerprint density at radius 2 is 1.84 bits per heavy atom. The smallest absolute Gasteiger partial charge is 0.203 e. The molecule has 0 amide bonds. The molecule has 1 heterocycles. The molecule has 0 spiro atoms. The maximum Gasteiger partial charge on any atom is 0.203 e. The van der Waals surface area contributed by atoms with Crippen LogP contribution in [0.3, 0.4) is 0 Å². The number of aromatic nitrogens is 2. The summed E-state index contributed by atoms with van der Waals surface area (Å²) in [5, 5.41) is 4.19. The summed E-state index contributed by atoms with van der Waals surface area (Å²) in [6.07, 6.45) is 0. The Bertz CT molecular complexity index is 543. The van der Waals surface area contributed by atoms with Crippen molar-refractivity contribution >= 4 is 16.7 Å². The average Bonchev–Trinajstić information content (AvgIpc) is 2.72. The van der Waals surface area contributed by atoms with E-state index in [-0.39, 0.29) is 17.3 Å². The molecule has 0 fully saturated rings. The van der Waals surface area contributed by atoms with Crippen LogP contribution in [-0.2, 0) is 0 Å². The molecule has 1 unspecified atom stereocenters. The van der Waals surface area contributed by atoms with E-state index >= 15 is 0 Å². The number of nitrogens with zero attached hydrogens (tertiary/aromatic N) is 2. The molecule has 1 aromatic heterocycles. The number of anilines is 1. The summed E-state index contributed by atoms with van der Waals surface area (Å²) in [4.78, 5) is 4.33. The van der Waals surface area contributed by atoms with Gasteiger partial charge in [-0.3, -0.25) is 0 Å². The van der Waals surface area contributed by atoms with Crippen LogP contribution in [0.4, 0.5) is 9.52 Å². The molecule has 1 N–H and O–H groups in total. The minimum atomic E-state index is -0.219. The highest BCUT2D eigenvalue weighted by Crippen LogP contribution is 2.36. The van der Waals surface area contributed by atoms with Crippen LogP contribution < -0.4 is 5.32 Å². The van der Waals surface area contributed by atoms with Crippen LogP contribution in [-0.4, -0.2) is 9.36 Å². The average molecular weight is 279 g/mol. The van der Waals surface area contributed by atoms with E-state index < -0.39 is 0 Å². The number of hydrogen-bond acceptors (Lipinski definition) is 4. The maximum atomic E-state index is 13.0. The molecule has 0 aliphatic carbocycles. The minimum absolute atomic E-state index is 0.0165. The normalized spacial score (nSPS) is 13.3. The maximum absolute atomic E-state index is 13.0. The molecule has 1 atom stereocenters. The van der Waals surface area contributed by atoms with Crippen LogP contribution in [0.15, 0.2) is 24.3 Å². The predicted molar refractivity (Wildman–Crippen MR) is 76.9 cm³/mol. The summed E-state index contributed by atoms with van der Waals surface area (Å²) in [5.41, 5.74) is 1.03. The predicted octanol–water partition coefficient (Wildman–Crippen LogP) is 4.18. The molecule has 0 saturated heterocycles. The molecular formula is C14H18FN3S. The van der Waals surface area contributed by atoms with E-state index in [1.54, 1.807) is 0 Å². The first kappa shape index (κ1) is 13.9. The highest BCUT2D eigenvalue weighted by Gasteiger charge is 2.27. The molecular weight excluding hydrogens is 261 g/mol. The summed E-state index contributed by atoms with van der Waals surface area (Å²) in [7, 11) is 0. The lowest BCUT2D eigenvalue weighted by atomic mass is 9.82. The van der Waals surface area contributed by atoms with E-state index in [9.17, 15) is 4.39 Å². The van der Waals surface area contributed by atoms with Gasteiger partial charge in [0.15, 0.2) is 0 Å². The number of aryl methyl sites for hydroxylation is 1. The number of rotatable bonds is 3. The van der Waals surface area contributed by atoms with Gasteiger partial charge < -0.3 is 5.32 Å². The molecule has 5 heteroatoms. The van der Waals surface area contributed by atoms with Crippen LogP contribution in [0.5, 0.6) is 0 Å². The van der Waals surface area contributed by atoms with Gasteiger partial charge >= 0.3 is 0 Å². The lowest BCUT2D eigenvalue weighted by Gasteiger charge is -2.31. The van der Waals surface area contributed by atoms with E-state index in [1.165, 1.54) is 23.7 Å². The highest BCUT2D eigenvalue weighted by atomic mass is 32.1. The minimum Gasteiger partial charge on any atom is -0.353 e.